The predicted octanol–water partition coefficient (Wildman–Crippen LogP) is 4.60. The van der Waals surface area contributed by atoms with Crippen molar-refractivity contribution in [2.45, 2.75) is 11.4 Å². The van der Waals surface area contributed by atoms with Gasteiger partial charge in [0.15, 0.2) is 9.84 Å². The van der Waals surface area contributed by atoms with E-state index in [1.54, 1.807) is 4.90 Å². The van der Waals surface area contributed by atoms with E-state index in [9.17, 15) is 17.2 Å². The number of hydrogen-bond donors (Lipinski definition) is 0. The summed E-state index contributed by atoms with van der Waals surface area (Å²) in [5.41, 5.74) is 1.02. The number of sulfone groups is 1. The van der Waals surface area contributed by atoms with E-state index < -0.39 is 26.6 Å². The van der Waals surface area contributed by atoms with Gasteiger partial charge in [-0.1, -0.05) is 41.9 Å². The second kappa shape index (κ2) is 7.61. The third-order valence-corrected chi connectivity index (χ3v) is 6.70. The first-order valence-corrected chi connectivity index (χ1v) is 10.7. The topological polar surface area (TPSA) is 59.5 Å². The second-order valence-corrected chi connectivity index (χ2v) is 8.91. The Morgan fingerprint density at radius 2 is 1.76 bits per heavy atom. The van der Waals surface area contributed by atoms with Gasteiger partial charge in [0, 0.05) is 13.1 Å². The molecule has 0 N–H and O–H groups in total. The standard InChI is InChI=1S/C20H15ClF2N2O3S/c21-16-18-17(20(24-19(16)23)28-15-8-6-14(22)7-9-15)25(10-11-29(18,26)27)12-13-4-2-1-3-5-13/h1-9H,10-12H2. The first kappa shape index (κ1) is 19.6. The van der Waals surface area contributed by atoms with Gasteiger partial charge >= 0.3 is 0 Å². The van der Waals surface area contributed by atoms with Crippen LogP contribution in [0.3, 0.4) is 0 Å². The van der Waals surface area contributed by atoms with Gasteiger partial charge in [-0.3, -0.25) is 0 Å². The quantitative estimate of drug-likeness (QED) is 0.559. The molecule has 1 aliphatic rings. The maximum Gasteiger partial charge on any atom is 0.247 e. The van der Waals surface area contributed by atoms with E-state index >= 15 is 0 Å². The van der Waals surface area contributed by atoms with Crippen molar-refractivity contribution in [1.29, 1.82) is 0 Å². The number of rotatable bonds is 4. The molecule has 29 heavy (non-hydrogen) atoms. The Hall–Kier alpha value is -2.71. The molecule has 0 bridgehead atoms. The van der Waals surface area contributed by atoms with Crippen LogP contribution >= 0.6 is 11.6 Å². The van der Waals surface area contributed by atoms with Crippen LogP contribution in [0, 0.1) is 11.8 Å². The van der Waals surface area contributed by atoms with Gasteiger partial charge in [-0.05, 0) is 29.8 Å². The normalized spacial score (nSPS) is 15.1. The van der Waals surface area contributed by atoms with Gasteiger partial charge in [0.25, 0.3) is 0 Å². The van der Waals surface area contributed by atoms with Gasteiger partial charge in [-0.25, -0.2) is 12.8 Å². The number of anilines is 1. The second-order valence-electron chi connectivity index (χ2n) is 6.48. The number of aromatic nitrogens is 1. The minimum Gasteiger partial charge on any atom is -0.437 e. The Bertz CT molecular complexity index is 1160. The van der Waals surface area contributed by atoms with E-state index in [0.717, 1.165) is 5.56 Å². The molecule has 0 fully saturated rings. The van der Waals surface area contributed by atoms with Crippen molar-refractivity contribution in [3.05, 3.63) is 76.9 Å². The number of ether oxygens (including phenoxy) is 1. The molecule has 9 heteroatoms. The van der Waals surface area contributed by atoms with Crippen LogP contribution in [0.2, 0.25) is 5.02 Å². The molecule has 0 unspecified atom stereocenters. The van der Waals surface area contributed by atoms with Crippen LogP contribution in [0.5, 0.6) is 11.6 Å². The number of fused-ring (bicyclic) bond motifs is 1. The lowest BCUT2D eigenvalue weighted by molar-refractivity contribution is 0.438. The molecular weight excluding hydrogens is 422 g/mol. The Morgan fingerprint density at radius 1 is 1.07 bits per heavy atom. The van der Waals surface area contributed by atoms with Crippen LogP contribution in [-0.2, 0) is 16.4 Å². The minimum absolute atomic E-state index is 0.0934. The van der Waals surface area contributed by atoms with E-state index in [4.69, 9.17) is 16.3 Å². The maximum absolute atomic E-state index is 14.4. The van der Waals surface area contributed by atoms with Gasteiger partial charge in [0.2, 0.25) is 11.8 Å². The molecule has 0 saturated carbocycles. The van der Waals surface area contributed by atoms with Crippen molar-refractivity contribution in [1.82, 2.24) is 4.98 Å². The SMILES string of the molecule is O=S1(=O)CCN(Cc2ccccc2)c2c(Oc3ccc(F)cc3)nc(F)c(Cl)c21. The van der Waals surface area contributed by atoms with Crippen molar-refractivity contribution in [2.24, 2.45) is 0 Å². The predicted molar refractivity (Wildman–Crippen MR) is 105 cm³/mol. The summed E-state index contributed by atoms with van der Waals surface area (Å²) >= 11 is 6.01. The van der Waals surface area contributed by atoms with Crippen molar-refractivity contribution >= 4 is 27.1 Å². The summed E-state index contributed by atoms with van der Waals surface area (Å²) in [6.45, 7) is 0.514. The zero-order valence-corrected chi connectivity index (χ0v) is 16.6. The largest absolute Gasteiger partial charge is 0.437 e. The average molecular weight is 437 g/mol. The monoisotopic (exact) mass is 436 g/mol. The number of halogens is 3. The highest BCUT2D eigenvalue weighted by Gasteiger charge is 2.36. The van der Waals surface area contributed by atoms with Crippen LogP contribution in [-0.4, -0.2) is 25.7 Å². The smallest absolute Gasteiger partial charge is 0.247 e. The van der Waals surface area contributed by atoms with Crippen LogP contribution in [0.4, 0.5) is 14.5 Å². The summed E-state index contributed by atoms with van der Waals surface area (Å²) in [6, 6.07) is 14.4. The lowest BCUT2D eigenvalue weighted by atomic mass is 10.2. The highest BCUT2D eigenvalue weighted by atomic mass is 35.5. The van der Waals surface area contributed by atoms with E-state index in [0.29, 0.717) is 6.54 Å². The minimum atomic E-state index is -3.84. The van der Waals surface area contributed by atoms with Gasteiger partial charge in [0.05, 0.1) is 5.75 Å². The third-order valence-electron chi connectivity index (χ3n) is 4.50. The fraction of sp³-hybridized carbons (Fsp3) is 0.150. The molecule has 0 radical (unpaired) electrons. The zero-order chi connectivity index (χ0) is 20.6. The number of pyridine rings is 1. The Kier molecular flexibility index (Phi) is 5.14. The summed E-state index contributed by atoms with van der Waals surface area (Å²) in [6.07, 6.45) is 0. The fourth-order valence-electron chi connectivity index (χ4n) is 3.14. The van der Waals surface area contributed by atoms with E-state index in [1.807, 2.05) is 30.3 Å². The highest BCUT2D eigenvalue weighted by molar-refractivity contribution is 7.91. The van der Waals surface area contributed by atoms with E-state index in [1.165, 1.54) is 24.3 Å². The first-order valence-electron chi connectivity index (χ1n) is 8.69. The molecule has 3 aromatic rings. The molecule has 0 saturated heterocycles. The molecule has 0 atom stereocenters. The Morgan fingerprint density at radius 3 is 2.45 bits per heavy atom. The molecule has 2 aromatic carbocycles. The molecule has 150 valence electrons. The summed E-state index contributed by atoms with van der Waals surface area (Å²) in [4.78, 5) is 5.14. The van der Waals surface area contributed by atoms with Gasteiger partial charge in [0.1, 0.15) is 27.2 Å². The number of benzene rings is 2. The van der Waals surface area contributed by atoms with E-state index in [2.05, 4.69) is 4.98 Å². The lowest BCUT2D eigenvalue weighted by Gasteiger charge is -2.32. The molecule has 4 rings (SSSR count). The maximum atomic E-state index is 14.4. The molecule has 0 aliphatic carbocycles. The average Bonchev–Trinajstić information content (AvgIpc) is 2.69. The Balaban J connectivity index is 1.85. The summed E-state index contributed by atoms with van der Waals surface area (Å²) < 4.78 is 58.6. The number of hydrogen-bond acceptors (Lipinski definition) is 5. The summed E-state index contributed by atoms with van der Waals surface area (Å²) in [7, 11) is -3.84. The van der Waals surface area contributed by atoms with Crippen molar-refractivity contribution in [3.8, 4) is 11.6 Å². The zero-order valence-electron chi connectivity index (χ0n) is 15.0. The van der Waals surface area contributed by atoms with Crippen molar-refractivity contribution in [2.75, 3.05) is 17.2 Å². The molecule has 2 heterocycles. The fourth-order valence-corrected chi connectivity index (χ4v) is 5.16. The van der Waals surface area contributed by atoms with Crippen LogP contribution in [0.15, 0.2) is 59.5 Å². The highest BCUT2D eigenvalue weighted by Crippen LogP contribution is 2.44. The first-order chi connectivity index (χ1) is 13.8. The van der Waals surface area contributed by atoms with Crippen LogP contribution in [0.25, 0.3) is 0 Å². The summed E-state index contributed by atoms with van der Waals surface area (Å²) in [5, 5.41) is -0.566. The van der Waals surface area contributed by atoms with Crippen LogP contribution in [0.1, 0.15) is 5.56 Å². The lowest BCUT2D eigenvalue weighted by Crippen LogP contribution is -2.35. The van der Waals surface area contributed by atoms with E-state index in [-0.39, 0.29) is 34.5 Å². The van der Waals surface area contributed by atoms with Crippen molar-refractivity contribution < 1.29 is 21.9 Å². The molecule has 1 aliphatic heterocycles. The Labute approximate surface area is 171 Å². The van der Waals surface area contributed by atoms with Crippen LogP contribution < -0.4 is 9.64 Å². The van der Waals surface area contributed by atoms with Gasteiger partial charge in [-0.2, -0.15) is 9.37 Å². The molecule has 1 aromatic heterocycles. The molecule has 0 spiro atoms. The molecule has 0 amide bonds. The van der Waals surface area contributed by atoms with Crippen molar-refractivity contribution in [3.63, 3.8) is 0 Å². The van der Waals surface area contributed by atoms with Gasteiger partial charge in [-0.15, -0.1) is 0 Å². The third kappa shape index (κ3) is 3.90. The molecular formula is C20H15ClF2N2O3S. The summed E-state index contributed by atoms with van der Waals surface area (Å²) in [5.74, 6) is -1.89. The number of nitrogens with zero attached hydrogens (tertiary/aromatic N) is 2. The molecule has 5 nitrogen and oxygen atoms in total. The van der Waals surface area contributed by atoms with Gasteiger partial charge < -0.3 is 9.64 Å².